The number of aromatic nitrogens is 2. The third-order valence-electron chi connectivity index (χ3n) is 2.78. The van der Waals surface area contributed by atoms with Gasteiger partial charge in [-0.25, -0.2) is 0 Å². The molecule has 0 aliphatic rings. The molecule has 4 nitrogen and oxygen atoms in total. The summed E-state index contributed by atoms with van der Waals surface area (Å²) in [5.74, 6) is 1.96. The van der Waals surface area contributed by atoms with Crippen LogP contribution in [0.4, 0.5) is 0 Å². The molecule has 1 atom stereocenters. The molecule has 19 heavy (non-hydrogen) atoms. The van der Waals surface area contributed by atoms with Crippen LogP contribution in [0.1, 0.15) is 43.9 Å². The van der Waals surface area contributed by atoms with Crippen molar-refractivity contribution in [1.29, 1.82) is 0 Å². The molecule has 0 amide bonds. The van der Waals surface area contributed by atoms with Crippen LogP contribution in [0.25, 0.3) is 0 Å². The molecule has 2 aromatic rings. The van der Waals surface area contributed by atoms with Crippen LogP contribution in [0.2, 0.25) is 0 Å². The monoisotopic (exact) mass is 277 g/mol. The lowest BCUT2D eigenvalue weighted by molar-refractivity contribution is 0.343. The molecule has 1 aromatic carbocycles. The summed E-state index contributed by atoms with van der Waals surface area (Å²) in [5.41, 5.74) is 6.00. The fourth-order valence-corrected chi connectivity index (χ4v) is 2.45. The number of thioether (sulfide) groups is 1. The van der Waals surface area contributed by atoms with Crippen molar-refractivity contribution in [2.45, 2.75) is 42.9 Å². The molecule has 5 heteroatoms. The van der Waals surface area contributed by atoms with E-state index in [9.17, 15) is 0 Å². The lowest BCUT2D eigenvalue weighted by Gasteiger charge is -2.03. The number of hydrogen-bond donors (Lipinski definition) is 1. The molecule has 0 saturated carbocycles. The van der Waals surface area contributed by atoms with Crippen molar-refractivity contribution in [2.24, 2.45) is 5.73 Å². The Hall–Kier alpha value is -1.33. The average Bonchev–Trinajstić information content (AvgIpc) is 2.92. The highest BCUT2D eigenvalue weighted by atomic mass is 32.2. The highest BCUT2D eigenvalue weighted by Crippen LogP contribution is 2.22. The predicted molar refractivity (Wildman–Crippen MR) is 76.8 cm³/mol. The summed E-state index contributed by atoms with van der Waals surface area (Å²) in [6.07, 6.45) is 3.10. The SMILES string of the molecule is CCCC[C@H](N)c1nc(CSc2ccccc2)no1. The molecule has 0 aliphatic carbocycles. The second-order valence-corrected chi connectivity index (χ2v) is 5.45. The Morgan fingerprint density at radius 1 is 1.32 bits per heavy atom. The van der Waals surface area contributed by atoms with Crippen LogP contribution in [-0.2, 0) is 5.75 Å². The zero-order chi connectivity index (χ0) is 13.5. The van der Waals surface area contributed by atoms with Crippen LogP contribution in [0.15, 0.2) is 39.8 Å². The topological polar surface area (TPSA) is 64.9 Å². The van der Waals surface area contributed by atoms with E-state index in [-0.39, 0.29) is 6.04 Å². The van der Waals surface area contributed by atoms with Crippen LogP contribution in [0, 0.1) is 0 Å². The molecule has 0 aliphatic heterocycles. The van der Waals surface area contributed by atoms with Crippen molar-refractivity contribution in [3.8, 4) is 0 Å². The van der Waals surface area contributed by atoms with Crippen molar-refractivity contribution < 1.29 is 4.52 Å². The van der Waals surface area contributed by atoms with E-state index in [1.165, 1.54) is 4.90 Å². The first kappa shape index (κ1) is 14.1. The molecule has 102 valence electrons. The third kappa shape index (κ3) is 4.36. The number of hydrogen-bond acceptors (Lipinski definition) is 5. The molecule has 0 bridgehead atoms. The van der Waals surface area contributed by atoms with Gasteiger partial charge in [-0.1, -0.05) is 43.1 Å². The van der Waals surface area contributed by atoms with E-state index in [0.29, 0.717) is 17.5 Å². The van der Waals surface area contributed by atoms with E-state index in [1.54, 1.807) is 11.8 Å². The maximum atomic E-state index is 6.00. The number of rotatable bonds is 7. The Bertz CT molecular complexity index is 486. The molecule has 2 rings (SSSR count). The zero-order valence-electron chi connectivity index (χ0n) is 11.1. The van der Waals surface area contributed by atoms with Gasteiger partial charge in [-0.2, -0.15) is 4.98 Å². The molecule has 2 N–H and O–H groups in total. The third-order valence-corrected chi connectivity index (χ3v) is 3.79. The summed E-state index contributed by atoms with van der Waals surface area (Å²) < 4.78 is 5.21. The summed E-state index contributed by atoms with van der Waals surface area (Å²) in [5, 5.41) is 3.97. The van der Waals surface area contributed by atoms with E-state index >= 15 is 0 Å². The van der Waals surface area contributed by atoms with Crippen molar-refractivity contribution in [3.05, 3.63) is 42.0 Å². The van der Waals surface area contributed by atoms with Gasteiger partial charge in [0.15, 0.2) is 5.82 Å². The molecule has 0 unspecified atom stereocenters. The van der Waals surface area contributed by atoms with Gasteiger partial charge in [-0.3, -0.25) is 0 Å². The highest BCUT2D eigenvalue weighted by Gasteiger charge is 2.14. The van der Waals surface area contributed by atoms with Gasteiger partial charge in [-0.15, -0.1) is 11.8 Å². The van der Waals surface area contributed by atoms with Gasteiger partial charge < -0.3 is 10.3 Å². The summed E-state index contributed by atoms with van der Waals surface area (Å²) in [6, 6.07) is 10.0. The van der Waals surface area contributed by atoms with Crippen LogP contribution < -0.4 is 5.73 Å². The molecule has 0 fully saturated rings. The molecular formula is C14H19N3OS. The number of unbranched alkanes of at least 4 members (excludes halogenated alkanes) is 1. The van der Waals surface area contributed by atoms with E-state index in [0.717, 1.165) is 19.3 Å². The minimum atomic E-state index is -0.136. The van der Waals surface area contributed by atoms with Gasteiger partial charge in [0.25, 0.3) is 0 Å². The Labute approximate surface area is 117 Å². The van der Waals surface area contributed by atoms with Gasteiger partial charge in [0.1, 0.15) is 0 Å². The molecule has 0 radical (unpaired) electrons. The molecular weight excluding hydrogens is 258 g/mol. The van der Waals surface area contributed by atoms with Gasteiger partial charge in [0, 0.05) is 4.90 Å². The van der Waals surface area contributed by atoms with Gasteiger partial charge in [-0.05, 0) is 18.6 Å². The van der Waals surface area contributed by atoms with E-state index in [1.807, 2.05) is 18.2 Å². The summed E-state index contributed by atoms with van der Waals surface area (Å²) >= 11 is 1.69. The van der Waals surface area contributed by atoms with Crippen LogP contribution in [0.3, 0.4) is 0 Å². The summed E-state index contributed by atoms with van der Waals surface area (Å²) in [7, 11) is 0. The van der Waals surface area contributed by atoms with Gasteiger partial charge in [0.2, 0.25) is 5.89 Å². The number of nitrogens with zero attached hydrogens (tertiary/aromatic N) is 2. The first-order chi connectivity index (χ1) is 9.29. The van der Waals surface area contributed by atoms with Gasteiger partial charge >= 0.3 is 0 Å². The second-order valence-electron chi connectivity index (χ2n) is 4.40. The Kier molecular flexibility index (Phi) is 5.42. The fourth-order valence-electron chi connectivity index (χ4n) is 1.69. The summed E-state index contributed by atoms with van der Waals surface area (Å²) in [4.78, 5) is 5.55. The van der Waals surface area contributed by atoms with Crippen LogP contribution in [-0.4, -0.2) is 10.1 Å². The number of nitrogens with two attached hydrogens (primary N) is 1. The minimum Gasteiger partial charge on any atom is -0.338 e. The maximum Gasteiger partial charge on any atom is 0.243 e. The first-order valence-electron chi connectivity index (χ1n) is 6.55. The Morgan fingerprint density at radius 3 is 2.84 bits per heavy atom. The fraction of sp³-hybridized carbons (Fsp3) is 0.429. The smallest absolute Gasteiger partial charge is 0.243 e. The Morgan fingerprint density at radius 2 is 2.11 bits per heavy atom. The highest BCUT2D eigenvalue weighted by molar-refractivity contribution is 7.98. The quantitative estimate of drug-likeness (QED) is 0.784. The van der Waals surface area contributed by atoms with E-state index in [2.05, 4.69) is 29.2 Å². The van der Waals surface area contributed by atoms with Crippen molar-refractivity contribution in [3.63, 3.8) is 0 Å². The molecule has 1 aromatic heterocycles. The summed E-state index contributed by atoms with van der Waals surface area (Å²) in [6.45, 7) is 2.14. The maximum absolute atomic E-state index is 6.00. The van der Waals surface area contributed by atoms with Crippen molar-refractivity contribution in [1.82, 2.24) is 10.1 Å². The second kappa shape index (κ2) is 7.31. The minimum absolute atomic E-state index is 0.136. The van der Waals surface area contributed by atoms with Crippen molar-refractivity contribution >= 4 is 11.8 Å². The first-order valence-corrected chi connectivity index (χ1v) is 7.54. The zero-order valence-corrected chi connectivity index (χ0v) is 11.9. The normalized spacial score (nSPS) is 12.5. The molecule has 1 heterocycles. The lowest BCUT2D eigenvalue weighted by atomic mass is 10.1. The van der Waals surface area contributed by atoms with E-state index in [4.69, 9.17) is 10.3 Å². The molecule has 0 spiro atoms. The van der Waals surface area contributed by atoms with Crippen LogP contribution >= 0.6 is 11.8 Å². The Balaban J connectivity index is 1.87. The lowest BCUT2D eigenvalue weighted by Crippen LogP contribution is -2.10. The predicted octanol–water partition coefficient (Wildman–Crippen LogP) is 3.55. The largest absolute Gasteiger partial charge is 0.338 e. The standard InChI is InChI=1S/C14H19N3OS/c1-2-3-9-12(15)14-16-13(17-18-14)10-19-11-7-5-4-6-8-11/h4-8,12H,2-3,9-10,15H2,1H3/t12-/m0/s1. The van der Waals surface area contributed by atoms with Gasteiger partial charge in [0.05, 0.1) is 11.8 Å². The average molecular weight is 277 g/mol. The van der Waals surface area contributed by atoms with Crippen LogP contribution in [0.5, 0.6) is 0 Å². The molecule has 0 saturated heterocycles. The number of benzene rings is 1. The van der Waals surface area contributed by atoms with Crippen molar-refractivity contribution in [2.75, 3.05) is 0 Å². The van der Waals surface area contributed by atoms with E-state index < -0.39 is 0 Å².